The summed E-state index contributed by atoms with van der Waals surface area (Å²) in [5.41, 5.74) is 2.56. The number of aliphatic hydroxyl groups is 1. The van der Waals surface area contributed by atoms with Gasteiger partial charge in [-0.25, -0.2) is 9.59 Å². The molecule has 57 heavy (non-hydrogen) atoms. The van der Waals surface area contributed by atoms with Gasteiger partial charge in [0.2, 0.25) is 0 Å². The van der Waals surface area contributed by atoms with E-state index in [-0.39, 0.29) is 18.5 Å². The average molecular weight is 804 g/mol. The number of hydrogen-bond acceptors (Lipinski definition) is 6. The summed E-state index contributed by atoms with van der Waals surface area (Å²) in [5, 5.41) is 9.40. The summed E-state index contributed by atoms with van der Waals surface area (Å²) in [7, 11) is 0. The Kier molecular flexibility index (Phi) is 44.1. The van der Waals surface area contributed by atoms with Crippen LogP contribution in [0, 0.1) is 0 Å². The van der Waals surface area contributed by atoms with Crippen LogP contribution in [0.5, 0.6) is 0 Å². The molecule has 336 valence electrons. The average Bonchev–Trinajstić information content (AvgIpc) is 3.21. The van der Waals surface area contributed by atoms with Gasteiger partial charge in [0, 0.05) is 25.3 Å². The Labute approximate surface area is 355 Å². The summed E-state index contributed by atoms with van der Waals surface area (Å²) < 4.78 is 11.1. The number of ether oxygens (including phenoxy) is 2. The molecule has 0 atom stereocenters. The molecule has 0 amide bonds. The molecule has 0 aliphatic rings. The maximum atomic E-state index is 12.3. The zero-order valence-corrected chi connectivity index (χ0v) is 38.7. The molecule has 0 saturated carbocycles. The summed E-state index contributed by atoms with van der Waals surface area (Å²) in [6.07, 6.45) is 45.5. The minimum atomic E-state index is -0.134. The number of aliphatic hydroxyl groups excluding tert-OH is 1. The van der Waals surface area contributed by atoms with E-state index >= 15 is 0 Å². The van der Waals surface area contributed by atoms with Crippen LogP contribution in [0.2, 0.25) is 0 Å². The maximum Gasteiger partial charge on any atom is 0.330 e. The second-order valence-electron chi connectivity index (χ2n) is 17.1. The van der Waals surface area contributed by atoms with Crippen molar-refractivity contribution in [1.82, 2.24) is 4.90 Å². The summed E-state index contributed by atoms with van der Waals surface area (Å²) in [4.78, 5) is 27.3. The number of hydrogen-bond donors (Lipinski definition) is 1. The predicted octanol–water partition coefficient (Wildman–Crippen LogP) is 15.0. The predicted molar refractivity (Wildman–Crippen MR) is 246 cm³/mol. The van der Waals surface area contributed by atoms with Crippen LogP contribution < -0.4 is 0 Å². The van der Waals surface area contributed by atoms with Crippen molar-refractivity contribution in [3.8, 4) is 0 Å². The SMILES string of the molecule is CCCCCC/C(=C/C(=O)OCCCCCCCCCCCN(CCCO)CCCCCCCCCCCOC(=O)/C=C(\CCCC)CCCCCC)CCCC. The van der Waals surface area contributed by atoms with Crippen molar-refractivity contribution in [1.29, 1.82) is 0 Å². The lowest BCUT2D eigenvalue weighted by Gasteiger charge is -2.22. The van der Waals surface area contributed by atoms with Gasteiger partial charge in [-0.1, -0.05) is 180 Å². The fourth-order valence-electron chi connectivity index (χ4n) is 7.65. The van der Waals surface area contributed by atoms with Gasteiger partial charge in [-0.2, -0.15) is 0 Å². The molecule has 6 nitrogen and oxygen atoms in total. The van der Waals surface area contributed by atoms with Crippen molar-refractivity contribution in [2.75, 3.05) is 39.5 Å². The van der Waals surface area contributed by atoms with E-state index in [0.29, 0.717) is 13.2 Å². The van der Waals surface area contributed by atoms with E-state index in [1.807, 2.05) is 0 Å². The minimum absolute atomic E-state index is 0.134. The first-order valence-electron chi connectivity index (χ1n) is 25.1. The second kappa shape index (κ2) is 45.4. The first kappa shape index (κ1) is 55.3. The summed E-state index contributed by atoms with van der Waals surface area (Å²) >= 11 is 0. The second-order valence-corrected chi connectivity index (χ2v) is 17.1. The number of unbranched alkanes of at least 4 members (excludes halogenated alkanes) is 24. The molecule has 6 heteroatoms. The zero-order chi connectivity index (χ0) is 41.7. The van der Waals surface area contributed by atoms with Gasteiger partial charge in [-0.3, -0.25) is 0 Å². The Morgan fingerprint density at radius 2 is 0.684 bits per heavy atom. The first-order chi connectivity index (χ1) is 28.0. The van der Waals surface area contributed by atoms with Gasteiger partial charge in [0.1, 0.15) is 0 Å². The Hall–Kier alpha value is -1.66. The van der Waals surface area contributed by atoms with Crippen molar-refractivity contribution in [2.45, 2.75) is 252 Å². The van der Waals surface area contributed by atoms with Crippen LogP contribution in [0.25, 0.3) is 0 Å². The first-order valence-corrected chi connectivity index (χ1v) is 25.1. The van der Waals surface area contributed by atoms with Crippen LogP contribution in [0.4, 0.5) is 0 Å². The van der Waals surface area contributed by atoms with E-state index in [1.54, 1.807) is 12.2 Å². The smallest absolute Gasteiger partial charge is 0.330 e. The molecule has 0 aromatic heterocycles. The number of allylic oxidation sites excluding steroid dienone is 2. The molecule has 0 aromatic rings. The molecule has 0 radical (unpaired) electrons. The van der Waals surface area contributed by atoms with E-state index in [1.165, 1.54) is 152 Å². The molecule has 0 bridgehead atoms. The molecule has 0 rings (SSSR count). The summed E-state index contributed by atoms with van der Waals surface area (Å²) in [6, 6.07) is 0. The maximum absolute atomic E-state index is 12.3. The van der Waals surface area contributed by atoms with Gasteiger partial charge in [-0.05, 0) is 96.6 Å². The van der Waals surface area contributed by atoms with Crippen molar-refractivity contribution in [3.63, 3.8) is 0 Å². The molecule has 0 aliphatic heterocycles. The van der Waals surface area contributed by atoms with Gasteiger partial charge in [0.05, 0.1) is 13.2 Å². The molecule has 0 saturated heterocycles. The highest BCUT2D eigenvalue weighted by atomic mass is 16.5. The lowest BCUT2D eigenvalue weighted by atomic mass is 10.0. The largest absolute Gasteiger partial charge is 0.463 e. The van der Waals surface area contributed by atoms with Crippen LogP contribution in [-0.4, -0.2) is 61.4 Å². The number of esters is 2. The normalized spacial score (nSPS) is 12.2. The highest BCUT2D eigenvalue weighted by Gasteiger charge is 2.07. The Morgan fingerprint density at radius 3 is 1.04 bits per heavy atom. The number of carbonyl (C=O) groups is 2. The number of nitrogens with zero attached hydrogens (tertiary/aromatic N) is 1. The molecule has 0 spiro atoms. The molecule has 0 fully saturated rings. The quantitative estimate of drug-likeness (QED) is 0.0375. The van der Waals surface area contributed by atoms with E-state index in [4.69, 9.17) is 9.47 Å². The molecule has 0 aliphatic carbocycles. The van der Waals surface area contributed by atoms with E-state index in [0.717, 1.165) is 103 Å². The third-order valence-electron chi connectivity index (χ3n) is 11.4. The fourth-order valence-corrected chi connectivity index (χ4v) is 7.65. The van der Waals surface area contributed by atoms with E-state index < -0.39 is 0 Å². The van der Waals surface area contributed by atoms with E-state index in [9.17, 15) is 14.7 Å². The van der Waals surface area contributed by atoms with Crippen molar-refractivity contribution in [3.05, 3.63) is 23.3 Å². The fraction of sp³-hybridized carbons (Fsp3) is 0.882. The lowest BCUT2D eigenvalue weighted by molar-refractivity contribution is -0.138. The molecular weight excluding hydrogens is 707 g/mol. The van der Waals surface area contributed by atoms with Crippen LogP contribution in [0.1, 0.15) is 252 Å². The molecular formula is C51H97NO5. The summed E-state index contributed by atoms with van der Waals surface area (Å²) in [5.74, 6) is -0.267. The van der Waals surface area contributed by atoms with Crippen molar-refractivity contribution < 1.29 is 24.2 Å². The van der Waals surface area contributed by atoms with Gasteiger partial charge < -0.3 is 19.5 Å². The monoisotopic (exact) mass is 804 g/mol. The summed E-state index contributed by atoms with van der Waals surface area (Å²) in [6.45, 7) is 13.6. The third-order valence-corrected chi connectivity index (χ3v) is 11.4. The van der Waals surface area contributed by atoms with Gasteiger partial charge in [0.15, 0.2) is 0 Å². The van der Waals surface area contributed by atoms with Crippen LogP contribution in [0.15, 0.2) is 23.3 Å². The molecule has 1 N–H and O–H groups in total. The Morgan fingerprint density at radius 1 is 0.386 bits per heavy atom. The molecule has 0 heterocycles. The van der Waals surface area contributed by atoms with Crippen LogP contribution in [-0.2, 0) is 19.1 Å². The van der Waals surface area contributed by atoms with Crippen molar-refractivity contribution >= 4 is 11.9 Å². The van der Waals surface area contributed by atoms with Crippen LogP contribution in [0.3, 0.4) is 0 Å². The highest BCUT2D eigenvalue weighted by molar-refractivity contribution is 5.83. The standard InChI is InChI=1S/C51H97NO5/c1-5-9-13-29-38-48(36-11-7-3)46-50(54)56-44-33-27-23-19-15-17-21-25-31-40-52(42-35-43-53)41-32-26-22-18-16-20-24-28-34-45-57-51(55)47-49(37-12-8-4)39-30-14-10-6-2/h46-47,53H,5-45H2,1-4H3/b48-46+,49-47+. The van der Waals surface area contributed by atoms with Crippen LogP contribution >= 0.6 is 0 Å². The van der Waals surface area contributed by atoms with E-state index in [2.05, 4.69) is 32.6 Å². The van der Waals surface area contributed by atoms with Gasteiger partial charge in [0.25, 0.3) is 0 Å². The topological polar surface area (TPSA) is 76.1 Å². The van der Waals surface area contributed by atoms with Gasteiger partial charge in [-0.15, -0.1) is 0 Å². The lowest BCUT2D eigenvalue weighted by Crippen LogP contribution is -2.27. The highest BCUT2D eigenvalue weighted by Crippen LogP contribution is 2.19. The number of rotatable bonds is 45. The Balaban J connectivity index is 3.86. The third kappa shape index (κ3) is 40.9. The van der Waals surface area contributed by atoms with Gasteiger partial charge >= 0.3 is 11.9 Å². The molecule has 0 unspecified atom stereocenters. The zero-order valence-electron chi connectivity index (χ0n) is 38.7. The van der Waals surface area contributed by atoms with Crippen molar-refractivity contribution in [2.24, 2.45) is 0 Å². The molecule has 0 aromatic carbocycles. The Bertz CT molecular complexity index is 861. The number of carbonyl (C=O) groups excluding carboxylic acids is 2. The minimum Gasteiger partial charge on any atom is -0.463 e.